The van der Waals surface area contributed by atoms with Gasteiger partial charge in [0.1, 0.15) is 6.10 Å². The normalized spacial score (nSPS) is 43.9. The Morgan fingerprint density at radius 1 is 1.30 bits per heavy atom. The first-order valence-electron chi connectivity index (χ1n) is 7.64. The highest BCUT2D eigenvalue weighted by Gasteiger charge is 2.69. The summed E-state index contributed by atoms with van der Waals surface area (Å²) in [5.74, 6) is 0.875. The van der Waals surface area contributed by atoms with Gasteiger partial charge < -0.3 is 20.3 Å². The van der Waals surface area contributed by atoms with Gasteiger partial charge in [-0.1, -0.05) is 6.07 Å². The van der Waals surface area contributed by atoms with Crippen LogP contribution in [0.15, 0.2) is 12.1 Å². The van der Waals surface area contributed by atoms with Crippen LogP contribution in [0.25, 0.3) is 0 Å². The van der Waals surface area contributed by atoms with Crippen molar-refractivity contribution >= 4 is 0 Å². The zero-order valence-corrected chi connectivity index (χ0v) is 11.4. The Hall–Kier alpha value is -1.26. The van der Waals surface area contributed by atoms with Crippen molar-refractivity contribution in [3.8, 4) is 11.5 Å². The molecule has 2 bridgehead atoms. The van der Waals surface area contributed by atoms with Crippen molar-refractivity contribution < 1.29 is 14.9 Å². The molecule has 3 N–H and O–H groups in total. The molecule has 4 heteroatoms. The summed E-state index contributed by atoms with van der Waals surface area (Å²) >= 11 is 0. The first kappa shape index (κ1) is 11.4. The van der Waals surface area contributed by atoms with E-state index >= 15 is 0 Å². The van der Waals surface area contributed by atoms with Crippen LogP contribution in [0.1, 0.15) is 36.8 Å². The summed E-state index contributed by atoms with van der Waals surface area (Å²) in [4.78, 5) is 0. The third-order valence-electron chi connectivity index (χ3n) is 6.19. The summed E-state index contributed by atoms with van der Waals surface area (Å²) in [5.41, 5.74) is 1.33. The highest BCUT2D eigenvalue weighted by atomic mass is 16.5. The van der Waals surface area contributed by atoms with Gasteiger partial charge in [-0.15, -0.1) is 0 Å². The van der Waals surface area contributed by atoms with Crippen LogP contribution in [0.2, 0.25) is 0 Å². The maximum Gasteiger partial charge on any atom is 0.165 e. The molecule has 5 rings (SSSR count). The van der Waals surface area contributed by atoms with Crippen molar-refractivity contribution in [2.24, 2.45) is 0 Å². The minimum absolute atomic E-state index is 0.0215. The van der Waals surface area contributed by atoms with E-state index in [9.17, 15) is 10.2 Å². The number of aliphatic hydroxyl groups is 1. The topological polar surface area (TPSA) is 61.7 Å². The summed E-state index contributed by atoms with van der Waals surface area (Å²) in [6.07, 6.45) is 4.55. The number of rotatable bonds is 0. The molecule has 20 heavy (non-hydrogen) atoms. The van der Waals surface area contributed by atoms with Crippen molar-refractivity contribution in [3.63, 3.8) is 0 Å². The molecule has 2 fully saturated rings. The molecule has 2 heterocycles. The van der Waals surface area contributed by atoms with Crippen LogP contribution in [0.3, 0.4) is 0 Å². The second-order valence-corrected chi connectivity index (χ2v) is 6.80. The predicted octanol–water partition coefficient (Wildman–Crippen LogP) is 1.22. The number of nitrogens with one attached hydrogen (secondary N) is 1. The summed E-state index contributed by atoms with van der Waals surface area (Å²) in [5, 5.41) is 25.2. The smallest absolute Gasteiger partial charge is 0.165 e. The molecule has 106 valence electrons. The molecule has 1 saturated carbocycles. The maximum atomic E-state index is 11.5. The van der Waals surface area contributed by atoms with Gasteiger partial charge in [-0.3, -0.25) is 0 Å². The van der Waals surface area contributed by atoms with Gasteiger partial charge in [-0.25, -0.2) is 0 Å². The Morgan fingerprint density at radius 3 is 3.10 bits per heavy atom. The van der Waals surface area contributed by atoms with Crippen LogP contribution in [-0.4, -0.2) is 34.5 Å². The highest BCUT2D eigenvalue weighted by Crippen LogP contribution is 2.64. The van der Waals surface area contributed by atoms with E-state index < -0.39 is 5.60 Å². The van der Waals surface area contributed by atoms with Crippen molar-refractivity contribution in [1.82, 2.24) is 5.32 Å². The molecule has 1 aromatic rings. The van der Waals surface area contributed by atoms with Crippen LogP contribution >= 0.6 is 0 Å². The lowest BCUT2D eigenvalue weighted by atomic mass is 9.49. The number of ether oxygens (including phenoxy) is 1. The predicted molar refractivity (Wildman–Crippen MR) is 73.1 cm³/mol. The lowest BCUT2D eigenvalue weighted by Crippen LogP contribution is -2.74. The van der Waals surface area contributed by atoms with Crippen molar-refractivity contribution in [2.45, 2.75) is 55.3 Å². The third kappa shape index (κ3) is 0.990. The average Bonchev–Trinajstić information content (AvgIpc) is 2.75. The molecule has 4 atom stereocenters. The molecule has 1 aromatic carbocycles. The Morgan fingerprint density at radius 2 is 2.20 bits per heavy atom. The van der Waals surface area contributed by atoms with E-state index in [1.54, 1.807) is 6.07 Å². The molecule has 0 amide bonds. The molecule has 0 radical (unpaired) electrons. The Kier molecular flexibility index (Phi) is 1.89. The molecule has 1 saturated heterocycles. The van der Waals surface area contributed by atoms with Gasteiger partial charge in [0.05, 0.1) is 11.0 Å². The Labute approximate surface area is 117 Å². The molecule has 0 aromatic heterocycles. The van der Waals surface area contributed by atoms with Gasteiger partial charge in [0.2, 0.25) is 0 Å². The van der Waals surface area contributed by atoms with Crippen molar-refractivity contribution in [2.75, 3.05) is 6.54 Å². The van der Waals surface area contributed by atoms with Gasteiger partial charge in [0.15, 0.2) is 11.5 Å². The molecular formula is C16H19NO3. The zero-order valence-electron chi connectivity index (χ0n) is 11.4. The van der Waals surface area contributed by atoms with Crippen molar-refractivity contribution in [3.05, 3.63) is 23.3 Å². The van der Waals surface area contributed by atoms with E-state index in [4.69, 9.17) is 4.74 Å². The summed E-state index contributed by atoms with van der Waals surface area (Å²) in [7, 11) is 0. The minimum atomic E-state index is -0.722. The fourth-order valence-corrected chi connectivity index (χ4v) is 5.44. The minimum Gasteiger partial charge on any atom is -0.504 e. The second kappa shape index (κ2) is 3.31. The fraction of sp³-hybridized carbons (Fsp3) is 0.625. The SMILES string of the molecule is Oc1ccc2c3c1OC1CCCC4(O)C(C2)NCCC314. The zero-order chi connectivity index (χ0) is 13.5. The summed E-state index contributed by atoms with van der Waals surface area (Å²) < 4.78 is 6.14. The van der Waals surface area contributed by atoms with Gasteiger partial charge >= 0.3 is 0 Å². The van der Waals surface area contributed by atoms with E-state index in [1.807, 2.05) is 6.07 Å². The van der Waals surface area contributed by atoms with Crippen LogP contribution in [-0.2, 0) is 11.8 Å². The second-order valence-electron chi connectivity index (χ2n) is 6.80. The number of hydrogen-bond donors (Lipinski definition) is 3. The van der Waals surface area contributed by atoms with Crippen molar-refractivity contribution in [1.29, 1.82) is 0 Å². The van der Waals surface area contributed by atoms with E-state index in [2.05, 4.69) is 5.32 Å². The number of phenolic OH excluding ortho intramolecular Hbond substituents is 1. The molecule has 4 aliphatic rings. The number of phenols is 1. The lowest BCUT2D eigenvalue weighted by Gasteiger charge is -2.60. The van der Waals surface area contributed by atoms with Crippen LogP contribution in [0, 0.1) is 0 Å². The Balaban J connectivity index is 1.88. The van der Waals surface area contributed by atoms with Crippen LogP contribution in [0.4, 0.5) is 0 Å². The average molecular weight is 273 g/mol. The first-order valence-corrected chi connectivity index (χ1v) is 7.64. The molecule has 1 spiro atoms. The first-order chi connectivity index (χ1) is 9.67. The number of piperidine rings is 1. The molecular weight excluding hydrogens is 254 g/mol. The third-order valence-corrected chi connectivity index (χ3v) is 6.19. The molecule has 4 unspecified atom stereocenters. The number of hydrogen-bond acceptors (Lipinski definition) is 4. The molecule has 2 aliphatic carbocycles. The lowest BCUT2D eigenvalue weighted by molar-refractivity contribution is -0.149. The molecule has 4 nitrogen and oxygen atoms in total. The number of benzene rings is 1. The van der Waals surface area contributed by atoms with E-state index in [0.717, 1.165) is 44.2 Å². The van der Waals surface area contributed by atoms with E-state index in [0.29, 0.717) is 5.75 Å². The largest absolute Gasteiger partial charge is 0.504 e. The molecule has 2 aliphatic heterocycles. The number of aromatic hydroxyl groups is 1. The summed E-state index contributed by atoms with van der Waals surface area (Å²) in [6.45, 7) is 0.918. The monoisotopic (exact) mass is 273 g/mol. The van der Waals surface area contributed by atoms with Gasteiger partial charge in [0.25, 0.3) is 0 Å². The van der Waals surface area contributed by atoms with E-state index in [-0.39, 0.29) is 23.3 Å². The highest BCUT2D eigenvalue weighted by molar-refractivity contribution is 5.62. The summed E-state index contributed by atoms with van der Waals surface area (Å²) in [6, 6.07) is 3.86. The van der Waals surface area contributed by atoms with Gasteiger partial charge in [0, 0.05) is 11.6 Å². The maximum absolute atomic E-state index is 11.5. The van der Waals surface area contributed by atoms with Gasteiger partial charge in [-0.05, 0) is 50.3 Å². The van der Waals surface area contributed by atoms with Crippen LogP contribution in [0.5, 0.6) is 11.5 Å². The Bertz CT molecular complexity index is 616. The quantitative estimate of drug-likeness (QED) is 0.665. The van der Waals surface area contributed by atoms with Crippen LogP contribution < -0.4 is 10.1 Å². The fourth-order valence-electron chi connectivity index (χ4n) is 5.44. The standard InChI is InChI=1S/C16H19NO3/c18-10-4-3-9-8-11-16(19)5-1-2-12-15(16,6-7-17-11)13(9)14(10)20-12/h3-4,11-12,17-19H,1-2,5-8H2. The van der Waals surface area contributed by atoms with Gasteiger partial charge in [-0.2, -0.15) is 0 Å². The van der Waals surface area contributed by atoms with E-state index in [1.165, 1.54) is 5.56 Å².